The van der Waals surface area contributed by atoms with Gasteiger partial charge in [0.15, 0.2) is 5.11 Å². The third-order valence-corrected chi connectivity index (χ3v) is 7.01. The van der Waals surface area contributed by atoms with Crippen molar-refractivity contribution in [3.05, 3.63) is 106 Å². The molecule has 2 heterocycles. The fourth-order valence-corrected chi connectivity index (χ4v) is 4.82. The minimum absolute atomic E-state index is 0.274. The van der Waals surface area contributed by atoms with Gasteiger partial charge >= 0.3 is 0 Å². The second kappa shape index (κ2) is 9.66. The highest BCUT2D eigenvalue weighted by atomic mass is 32.1. The van der Waals surface area contributed by atoms with Crippen LogP contribution in [-0.2, 0) is 6.42 Å². The number of aryl methyl sites for hydroxylation is 3. The van der Waals surface area contributed by atoms with Gasteiger partial charge in [0.25, 0.3) is 5.89 Å². The van der Waals surface area contributed by atoms with Gasteiger partial charge in [-0.25, -0.2) is 4.39 Å². The highest BCUT2D eigenvalue weighted by Crippen LogP contribution is 2.39. The minimum Gasteiger partial charge on any atom is -0.351 e. The van der Waals surface area contributed by atoms with E-state index in [-0.39, 0.29) is 11.9 Å². The molecule has 1 aliphatic heterocycles. The van der Waals surface area contributed by atoms with Crippen molar-refractivity contribution in [1.29, 1.82) is 0 Å². The van der Waals surface area contributed by atoms with Gasteiger partial charge in [-0.2, -0.15) is 4.98 Å². The summed E-state index contributed by atoms with van der Waals surface area (Å²) in [6.45, 7) is 8.34. The zero-order valence-electron chi connectivity index (χ0n) is 20.7. The van der Waals surface area contributed by atoms with Crippen LogP contribution in [0.2, 0.25) is 0 Å². The van der Waals surface area contributed by atoms with Crippen molar-refractivity contribution < 1.29 is 8.91 Å². The molecule has 0 saturated carbocycles. The van der Waals surface area contributed by atoms with E-state index in [1.807, 2.05) is 11.8 Å². The summed E-state index contributed by atoms with van der Waals surface area (Å²) in [6.07, 6.45) is 0.964. The van der Waals surface area contributed by atoms with E-state index in [0.717, 1.165) is 28.9 Å². The van der Waals surface area contributed by atoms with Gasteiger partial charge in [-0.15, -0.1) is 0 Å². The quantitative estimate of drug-likeness (QED) is 0.301. The van der Waals surface area contributed by atoms with Crippen LogP contribution in [0, 0.1) is 19.7 Å². The van der Waals surface area contributed by atoms with Crippen molar-refractivity contribution in [2.45, 2.75) is 40.2 Å². The van der Waals surface area contributed by atoms with Crippen molar-refractivity contribution in [2.75, 3.05) is 4.90 Å². The second-order valence-corrected chi connectivity index (χ2v) is 9.40. The van der Waals surface area contributed by atoms with Crippen LogP contribution in [0.5, 0.6) is 0 Å². The first-order chi connectivity index (χ1) is 17.4. The SMILES string of the molecule is CCc1ccc(N2C(=S)NC(c3ccc(C)c(C)c3)C(c3nc(-c4ccc(F)cc4)no3)=C2C)cc1. The minimum atomic E-state index is -0.314. The van der Waals surface area contributed by atoms with Crippen LogP contribution in [0.15, 0.2) is 77.0 Å². The normalized spacial score (nSPS) is 15.9. The van der Waals surface area contributed by atoms with E-state index in [2.05, 4.69) is 73.7 Å². The zero-order chi connectivity index (χ0) is 25.4. The Bertz CT molecular complexity index is 1460. The Morgan fingerprint density at radius 1 is 0.972 bits per heavy atom. The largest absolute Gasteiger partial charge is 0.351 e. The molecule has 0 spiro atoms. The van der Waals surface area contributed by atoms with Gasteiger partial charge in [0.2, 0.25) is 5.82 Å². The molecule has 36 heavy (non-hydrogen) atoms. The average Bonchev–Trinajstić information content (AvgIpc) is 3.36. The first-order valence-electron chi connectivity index (χ1n) is 11.9. The number of thiocarbonyl (C=S) groups is 1. The molecule has 7 heteroatoms. The van der Waals surface area contributed by atoms with E-state index in [9.17, 15) is 4.39 Å². The Morgan fingerprint density at radius 2 is 1.69 bits per heavy atom. The molecule has 1 aliphatic rings. The number of aromatic nitrogens is 2. The molecule has 5 rings (SSSR count). The molecule has 182 valence electrons. The summed E-state index contributed by atoms with van der Waals surface area (Å²) in [6, 6.07) is 20.5. The number of hydrogen-bond donors (Lipinski definition) is 1. The summed E-state index contributed by atoms with van der Waals surface area (Å²) in [5.41, 5.74) is 8.09. The molecular formula is C29H27FN4OS. The molecule has 1 N–H and O–H groups in total. The highest BCUT2D eigenvalue weighted by Gasteiger charge is 2.35. The number of allylic oxidation sites excluding steroid dienone is 1. The molecule has 0 amide bonds. The molecule has 5 nitrogen and oxygen atoms in total. The maximum Gasteiger partial charge on any atom is 0.258 e. The highest BCUT2D eigenvalue weighted by molar-refractivity contribution is 7.80. The fourth-order valence-electron chi connectivity index (χ4n) is 4.45. The Labute approximate surface area is 215 Å². The molecule has 1 unspecified atom stereocenters. The molecule has 1 atom stereocenters. The van der Waals surface area contributed by atoms with Crippen LogP contribution in [0.4, 0.5) is 10.1 Å². The lowest BCUT2D eigenvalue weighted by atomic mass is 9.92. The standard InChI is InChI=1S/C29H27FN4OS/c1-5-20-7-14-24(15-8-20)34-19(4)25(26(31-29(34)36)22-9-6-17(2)18(3)16-22)28-32-27(33-35-28)21-10-12-23(30)13-11-21/h6-16,26H,5H2,1-4H3,(H,31,36). The van der Waals surface area contributed by atoms with Crippen LogP contribution in [-0.4, -0.2) is 15.3 Å². The summed E-state index contributed by atoms with van der Waals surface area (Å²) in [7, 11) is 0. The summed E-state index contributed by atoms with van der Waals surface area (Å²) in [5, 5.41) is 8.32. The van der Waals surface area contributed by atoms with Gasteiger partial charge in [0.1, 0.15) is 5.82 Å². The number of anilines is 1. The Morgan fingerprint density at radius 3 is 2.36 bits per heavy atom. The maximum atomic E-state index is 13.4. The Hall–Kier alpha value is -3.84. The predicted octanol–water partition coefficient (Wildman–Crippen LogP) is 6.92. The third kappa shape index (κ3) is 4.42. The van der Waals surface area contributed by atoms with Crippen LogP contribution in [0.25, 0.3) is 17.0 Å². The molecule has 0 fully saturated rings. The van der Waals surface area contributed by atoms with Crippen molar-refractivity contribution in [3.63, 3.8) is 0 Å². The number of rotatable bonds is 5. The van der Waals surface area contributed by atoms with Gasteiger partial charge in [0.05, 0.1) is 11.6 Å². The van der Waals surface area contributed by atoms with E-state index >= 15 is 0 Å². The smallest absolute Gasteiger partial charge is 0.258 e. The van der Waals surface area contributed by atoms with Crippen LogP contribution >= 0.6 is 12.2 Å². The average molecular weight is 499 g/mol. The second-order valence-electron chi connectivity index (χ2n) is 9.01. The van der Waals surface area contributed by atoms with Crippen LogP contribution in [0.1, 0.15) is 48.0 Å². The zero-order valence-corrected chi connectivity index (χ0v) is 21.5. The summed E-state index contributed by atoms with van der Waals surface area (Å²) in [5.74, 6) is 0.474. The van der Waals surface area contributed by atoms with Gasteiger partial charge in [-0.05, 0) is 98.1 Å². The monoisotopic (exact) mass is 498 g/mol. The summed E-state index contributed by atoms with van der Waals surface area (Å²) in [4.78, 5) is 6.72. The van der Waals surface area contributed by atoms with E-state index in [0.29, 0.717) is 22.4 Å². The lowest BCUT2D eigenvalue weighted by molar-refractivity contribution is 0.404. The number of halogens is 1. The summed E-state index contributed by atoms with van der Waals surface area (Å²) >= 11 is 5.86. The van der Waals surface area contributed by atoms with E-state index in [1.165, 1.54) is 28.8 Å². The third-order valence-electron chi connectivity index (χ3n) is 6.71. The maximum absolute atomic E-state index is 13.4. The van der Waals surface area contributed by atoms with Gasteiger partial charge in [0, 0.05) is 16.9 Å². The van der Waals surface area contributed by atoms with Gasteiger partial charge < -0.3 is 9.84 Å². The Balaban J connectivity index is 1.65. The van der Waals surface area contributed by atoms with E-state index in [1.54, 1.807) is 12.1 Å². The first kappa shape index (κ1) is 23.9. The van der Waals surface area contributed by atoms with E-state index in [4.69, 9.17) is 21.7 Å². The van der Waals surface area contributed by atoms with Crippen LogP contribution in [0.3, 0.4) is 0 Å². The van der Waals surface area contributed by atoms with E-state index < -0.39 is 0 Å². The predicted molar refractivity (Wildman–Crippen MR) is 145 cm³/mol. The molecular weight excluding hydrogens is 471 g/mol. The van der Waals surface area contributed by atoms with Crippen molar-refractivity contribution >= 4 is 28.6 Å². The number of nitrogens with one attached hydrogen (secondary N) is 1. The lowest BCUT2D eigenvalue weighted by Gasteiger charge is -2.37. The van der Waals surface area contributed by atoms with Crippen molar-refractivity contribution in [2.24, 2.45) is 0 Å². The molecule has 0 saturated heterocycles. The van der Waals surface area contributed by atoms with Gasteiger partial charge in [-0.3, -0.25) is 4.90 Å². The fraction of sp³-hybridized carbons (Fsp3) is 0.207. The molecule has 0 radical (unpaired) electrons. The summed E-state index contributed by atoms with van der Waals surface area (Å²) < 4.78 is 19.2. The Kier molecular flexibility index (Phi) is 6.41. The van der Waals surface area contributed by atoms with Crippen molar-refractivity contribution in [1.82, 2.24) is 15.5 Å². The molecule has 3 aromatic carbocycles. The van der Waals surface area contributed by atoms with Crippen molar-refractivity contribution in [3.8, 4) is 11.4 Å². The van der Waals surface area contributed by atoms with Gasteiger partial charge in [-0.1, -0.05) is 42.4 Å². The molecule has 0 aliphatic carbocycles. The topological polar surface area (TPSA) is 54.2 Å². The number of hydrogen-bond acceptors (Lipinski definition) is 4. The number of benzene rings is 3. The molecule has 4 aromatic rings. The first-order valence-corrected chi connectivity index (χ1v) is 12.3. The molecule has 0 bridgehead atoms. The number of nitrogens with zero attached hydrogens (tertiary/aromatic N) is 3. The lowest BCUT2D eigenvalue weighted by Crippen LogP contribution is -2.46. The molecule has 1 aromatic heterocycles. The van der Waals surface area contributed by atoms with Crippen LogP contribution < -0.4 is 10.2 Å².